The number of hydrogen-bond acceptors (Lipinski definition) is 4. The van der Waals surface area contributed by atoms with Gasteiger partial charge in [0, 0.05) is 10.6 Å². The number of aryl methyl sites for hydroxylation is 4. The fraction of sp³-hybridized carbons (Fsp3) is 0.267. The highest BCUT2D eigenvalue weighted by atomic mass is 32.1. The third-order valence-electron chi connectivity index (χ3n) is 3.17. The van der Waals surface area contributed by atoms with Crippen LogP contribution in [0.15, 0.2) is 18.2 Å². The van der Waals surface area contributed by atoms with Crippen molar-refractivity contribution in [3.05, 3.63) is 39.9 Å². The van der Waals surface area contributed by atoms with Crippen LogP contribution in [0, 0.1) is 27.7 Å². The molecule has 110 valence electrons. The Labute approximate surface area is 127 Å². The summed E-state index contributed by atoms with van der Waals surface area (Å²) in [6.45, 7) is 7.54. The summed E-state index contributed by atoms with van der Waals surface area (Å²) >= 11 is 1.35. The summed E-state index contributed by atoms with van der Waals surface area (Å²) in [5.74, 6) is -1.41. The molecule has 0 atom stereocenters. The molecule has 0 unspecified atom stereocenters. The largest absolute Gasteiger partial charge is 0.317 e. The molecule has 1 aromatic heterocycles. The van der Waals surface area contributed by atoms with E-state index in [1.54, 1.807) is 0 Å². The maximum Gasteiger partial charge on any atom is 0.315 e. The highest BCUT2D eigenvalue weighted by Gasteiger charge is 2.17. The molecule has 0 aliphatic carbocycles. The number of rotatable bonds is 2. The Morgan fingerprint density at radius 3 is 2.10 bits per heavy atom. The van der Waals surface area contributed by atoms with E-state index in [-0.39, 0.29) is 0 Å². The van der Waals surface area contributed by atoms with E-state index in [4.69, 9.17) is 0 Å². The monoisotopic (exact) mass is 303 g/mol. The normalized spacial score (nSPS) is 10.3. The van der Waals surface area contributed by atoms with Crippen LogP contribution in [-0.4, -0.2) is 16.8 Å². The van der Waals surface area contributed by atoms with Crippen LogP contribution < -0.4 is 10.6 Å². The smallest absolute Gasteiger partial charge is 0.315 e. The van der Waals surface area contributed by atoms with E-state index in [9.17, 15) is 9.59 Å². The highest BCUT2D eigenvalue weighted by molar-refractivity contribution is 7.15. The van der Waals surface area contributed by atoms with Gasteiger partial charge in [-0.2, -0.15) is 0 Å². The van der Waals surface area contributed by atoms with Crippen molar-refractivity contribution in [3.63, 3.8) is 0 Å². The SMILES string of the molecule is Cc1cccc(C)c1NC(=O)C(=O)Nc1nc(C)c(C)s1. The molecule has 0 aliphatic rings. The molecule has 1 heterocycles. The van der Waals surface area contributed by atoms with Crippen molar-refractivity contribution < 1.29 is 9.59 Å². The van der Waals surface area contributed by atoms with E-state index in [1.165, 1.54) is 11.3 Å². The number of carbonyl (C=O) groups is 2. The van der Waals surface area contributed by atoms with E-state index in [0.29, 0.717) is 10.8 Å². The third kappa shape index (κ3) is 3.46. The van der Waals surface area contributed by atoms with Gasteiger partial charge in [0.1, 0.15) is 0 Å². The van der Waals surface area contributed by atoms with Crippen LogP contribution in [0.2, 0.25) is 0 Å². The van der Waals surface area contributed by atoms with Crippen molar-refractivity contribution in [2.75, 3.05) is 10.6 Å². The van der Waals surface area contributed by atoms with Gasteiger partial charge in [-0.05, 0) is 38.8 Å². The van der Waals surface area contributed by atoms with Crippen molar-refractivity contribution in [2.45, 2.75) is 27.7 Å². The zero-order valence-corrected chi connectivity index (χ0v) is 13.2. The average molecular weight is 303 g/mol. The fourth-order valence-electron chi connectivity index (χ4n) is 1.86. The van der Waals surface area contributed by atoms with Gasteiger partial charge in [-0.15, -0.1) is 11.3 Å². The first-order valence-corrected chi connectivity index (χ1v) is 7.32. The van der Waals surface area contributed by atoms with Crippen molar-refractivity contribution >= 4 is 34.0 Å². The summed E-state index contributed by atoms with van der Waals surface area (Å²) in [5, 5.41) is 5.60. The summed E-state index contributed by atoms with van der Waals surface area (Å²) in [6, 6.07) is 5.67. The molecule has 21 heavy (non-hydrogen) atoms. The van der Waals surface area contributed by atoms with Crippen molar-refractivity contribution in [1.29, 1.82) is 0 Å². The summed E-state index contributed by atoms with van der Waals surface area (Å²) in [5.41, 5.74) is 3.35. The number of thiazole rings is 1. The van der Waals surface area contributed by atoms with Gasteiger partial charge in [0.15, 0.2) is 5.13 Å². The molecule has 2 rings (SSSR count). The molecule has 2 aromatic rings. The lowest BCUT2D eigenvalue weighted by atomic mass is 10.1. The van der Waals surface area contributed by atoms with Crippen LogP contribution in [0.4, 0.5) is 10.8 Å². The third-order valence-corrected chi connectivity index (χ3v) is 4.16. The Morgan fingerprint density at radius 2 is 1.57 bits per heavy atom. The van der Waals surface area contributed by atoms with Gasteiger partial charge in [-0.25, -0.2) is 4.98 Å². The summed E-state index contributed by atoms with van der Waals surface area (Å²) in [6.07, 6.45) is 0. The second-order valence-corrected chi connectivity index (χ2v) is 6.04. The zero-order chi connectivity index (χ0) is 15.6. The van der Waals surface area contributed by atoms with Gasteiger partial charge in [0.25, 0.3) is 0 Å². The molecule has 0 aliphatic heterocycles. The van der Waals surface area contributed by atoms with Gasteiger partial charge < -0.3 is 5.32 Å². The Hall–Kier alpha value is -2.21. The minimum absolute atomic E-state index is 0.437. The van der Waals surface area contributed by atoms with Gasteiger partial charge in [0.05, 0.1) is 5.69 Å². The van der Waals surface area contributed by atoms with E-state index in [2.05, 4.69) is 15.6 Å². The molecule has 0 saturated heterocycles. The zero-order valence-electron chi connectivity index (χ0n) is 12.4. The van der Waals surface area contributed by atoms with Crippen LogP contribution in [0.25, 0.3) is 0 Å². The van der Waals surface area contributed by atoms with Gasteiger partial charge in [-0.3, -0.25) is 14.9 Å². The molecule has 0 bridgehead atoms. The fourth-order valence-corrected chi connectivity index (χ4v) is 2.67. The van der Waals surface area contributed by atoms with Crippen molar-refractivity contribution in [3.8, 4) is 0 Å². The summed E-state index contributed by atoms with van der Waals surface area (Å²) < 4.78 is 0. The number of amides is 2. The Morgan fingerprint density at radius 1 is 1.00 bits per heavy atom. The molecule has 2 N–H and O–H groups in total. The highest BCUT2D eigenvalue weighted by Crippen LogP contribution is 2.22. The lowest BCUT2D eigenvalue weighted by molar-refractivity contribution is -0.133. The van der Waals surface area contributed by atoms with Crippen LogP contribution in [-0.2, 0) is 9.59 Å². The molecule has 5 nitrogen and oxygen atoms in total. The number of nitrogens with one attached hydrogen (secondary N) is 2. The molecular weight excluding hydrogens is 286 g/mol. The topological polar surface area (TPSA) is 71.1 Å². The number of nitrogens with zero attached hydrogens (tertiary/aromatic N) is 1. The van der Waals surface area contributed by atoms with Crippen LogP contribution in [0.1, 0.15) is 21.7 Å². The van der Waals surface area contributed by atoms with E-state index >= 15 is 0 Å². The molecule has 1 aromatic carbocycles. The van der Waals surface area contributed by atoms with E-state index in [1.807, 2.05) is 45.9 Å². The maximum absolute atomic E-state index is 12.0. The van der Waals surface area contributed by atoms with E-state index < -0.39 is 11.8 Å². The number of anilines is 2. The number of benzene rings is 1. The molecule has 0 fully saturated rings. The van der Waals surface area contributed by atoms with Crippen LogP contribution >= 0.6 is 11.3 Å². The van der Waals surface area contributed by atoms with Gasteiger partial charge >= 0.3 is 11.8 Å². The average Bonchev–Trinajstić information content (AvgIpc) is 2.72. The first kappa shape index (κ1) is 15.2. The lowest BCUT2D eigenvalue weighted by Crippen LogP contribution is -2.29. The van der Waals surface area contributed by atoms with Gasteiger partial charge in [0.2, 0.25) is 0 Å². The van der Waals surface area contributed by atoms with Crippen molar-refractivity contribution in [1.82, 2.24) is 4.98 Å². The minimum Gasteiger partial charge on any atom is -0.317 e. The minimum atomic E-state index is -0.716. The maximum atomic E-state index is 12.0. The molecule has 0 spiro atoms. The predicted octanol–water partition coefficient (Wildman–Crippen LogP) is 2.95. The molecule has 0 radical (unpaired) electrons. The van der Waals surface area contributed by atoms with E-state index in [0.717, 1.165) is 21.7 Å². The predicted molar refractivity (Wildman–Crippen MR) is 84.8 cm³/mol. The number of hydrogen-bond donors (Lipinski definition) is 2. The molecule has 0 saturated carbocycles. The standard InChI is InChI=1S/C15H17N3O2S/c1-8-6-5-7-9(2)12(8)17-13(19)14(20)18-15-16-10(3)11(4)21-15/h5-7H,1-4H3,(H,17,19)(H,16,18,20). The first-order valence-electron chi connectivity index (χ1n) is 6.51. The van der Waals surface area contributed by atoms with Crippen molar-refractivity contribution in [2.24, 2.45) is 0 Å². The number of carbonyl (C=O) groups excluding carboxylic acids is 2. The molecule has 2 amide bonds. The Balaban J connectivity index is 2.08. The second-order valence-electron chi connectivity index (χ2n) is 4.84. The molecule has 6 heteroatoms. The Kier molecular flexibility index (Phi) is 4.37. The summed E-state index contributed by atoms with van der Waals surface area (Å²) in [4.78, 5) is 29.1. The summed E-state index contributed by atoms with van der Waals surface area (Å²) in [7, 11) is 0. The lowest BCUT2D eigenvalue weighted by Gasteiger charge is -2.10. The first-order chi connectivity index (χ1) is 9.88. The second kappa shape index (κ2) is 6.05. The Bertz CT molecular complexity index is 667. The van der Waals surface area contributed by atoms with Crippen LogP contribution in [0.5, 0.6) is 0 Å². The van der Waals surface area contributed by atoms with Gasteiger partial charge in [-0.1, -0.05) is 18.2 Å². The number of para-hydroxylation sites is 1. The number of aromatic nitrogens is 1. The molecular formula is C15H17N3O2S. The van der Waals surface area contributed by atoms with Crippen LogP contribution in [0.3, 0.4) is 0 Å². The quantitative estimate of drug-likeness (QED) is 0.838.